The number of carbonyl (C=O) groups excluding carboxylic acids is 1. The van der Waals surface area contributed by atoms with Gasteiger partial charge in [0.05, 0.1) is 11.4 Å². The van der Waals surface area contributed by atoms with Crippen molar-refractivity contribution in [3.8, 4) is 0 Å². The van der Waals surface area contributed by atoms with Crippen molar-refractivity contribution in [2.45, 2.75) is 23.7 Å². The molecule has 0 radical (unpaired) electrons. The van der Waals surface area contributed by atoms with Gasteiger partial charge in [-0.3, -0.25) is 4.79 Å². The van der Waals surface area contributed by atoms with Crippen molar-refractivity contribution >= 4 is 15.8 Å². The Morgan fingerprint density at radius 3 is 2.38 bits per heavy atom. The Balaban J connectivity index is 1.70. The van der Waals surface area contributed by atoms with Crippen LogP contribution >= 0.6 is 0 Å². The number of Topliss-reactive ketones (excluding diaryl/α,β-unsaturated/α-hetero) is 1. The van der Waals surface area contributed by atoms with E-state index >= 15 is 0 Å². The minimum atomic E-state index is -3.65. The second-order valence-corrected chi connectivity index (χ2v) is 8.77. The monoisotopic (exact) mass is 341 g/mol. The molecule has 0 spiro atoms. The van der Waals surface area contributed by atoms with Gasteiger partial charge in [0.25, 0.3) is 0 Å². The molecule has 5 heteroatoms. The van der Waals surface area contributed by atoms with Crippen LogP contribution in [0.5, 0.6) is 0 Å². The van der Waals surface area contributed by atoms with Crippen LogP contribution in [0.3, 0.4) is 0 Å². The van der Waals surface area contributed by atoms with Crippen LogP contribution in [0, 0.1) is 12.8 Å². The Bertz CT molecular complexity index is 890. The first kappa shape index (κ1) is 15.5. The van der Waals surface area contributed by atoms with E-state index in [0.717, 1.165) is 17.5 Å². The maximum Gasteiger partial charge on any atom is 0.243 e. The minimum absolute atomic E-state index is 0.0184. The molecule has 2 aromatic rings. The highest BCUT2D eigenvalue weighted by molar-refractivity contribution is 7.89. The molecule has 1 aliphatic heterocycles. The molecule has 0 aromatic heterocycles. The topological polar surface area (TPSA) is 54.5 Å². The highest BCUT2D eigenvalue weighted by atomic mass is 32.2. The molecule has 1 saturated heterocycles. The Morgan fingerprint density at radius 1 is 1.04 bits per heavy atom. The zero-order chi connectivity index (χ0) is 16.9. The van der Waals surface area contributed by atoms with Gasteiger partial charge >= 0.3 is 0 Å². The average Bonchev–Trinajstić information content (AvgIpc) is 3.33. The fourth-order valence-electron chi connectivity index (χ4n) is 3.77. The smallest absolute Gasteiger partial charge is 0.243 e. The number of fused-ring (bicyclic) bond motifs is 1. The number of piperidine rings is 1. The first-order valence-electron chi connectivity index (χ1n) is 8.08. The molecule has 0 N–H and O–H groups in total. The van der Waals surface area contributed by atoms with Crippen molar-refractivity contribution in [2.75, 3.05) is 13.1 Å². The van der Waals surface area contributed by atoms with E-state index in [1.165, 1.54) is 4.31 Å². The van der Waals surface area contributed by atoms with E-state index in [9.17, 15) is 13.2 Å². The molecular weight excluding hydrogens is 322 g/mol. The molecule has 24 heavy (non-hydrogen) atoms. The van der Waals surface area contributed by atoms with Gasteiger partial charge in [0.15, 0.2) is 5.78 Å². The van der Waals surface area contributed by atoms with Crippen molar-refractivity contribution in [3.63, 3.8) is 0 Å². The number of benzene rings is 2. The van der Waals surface area contributed by atoms with Crippen LogP contribution in [0.2, 0.25) is 0 Å². The number of hydrogen-bond acceptors (Lipinski definition) is 3. The SMILES string of the molecule is Cc1ccc(S(=O)(=O)N2CC(=O)[C@H]3C[C@@]3(c3ccccc3)C2)cc1. The standard InChI is InChI=1S/C19H19NO3S/c1-14-7-9-16(10-8-14)24(22,23)20-12-18(21)17-11-19(17,13-20)15-5-3-2-4-6-15/h2-10,17H,11-13H2,1H3/t17-,19+/m1/s1. The van der Waals surface area contributed by atoms with Crippen LogP contribution in [0.1, 0.15) is 17.5 Å². The summed E-state index contributed by atoms with van der Waals surface area (Å²) in [6.07, 6.45) is 0.746. The van der Waals surface area contributed by atoms with E-state index in [4.69, 9.17) is 0 Å². The fourth-order valence-corrected chi connectivity index (χ4v) is 5.24. The average molecular weight is 341 g/mol. The van der Waals surface area contributed by atoms with Crippen LogP contribution in [0.25, 0.3) is 0 Å². The Morgan fingerprint density at radius 2 is 1.71 bits per heavy atom. The van der Waals surface area contributed by atoms with E-state index in [2.05, 4.69) is 0 Å². The predicted octanol–water partition coefficient (Wildman–Crippen LogP) is 2.53. The van der Waals surface area contributed by atoms with Gasteiger partial charge in [-0.25, -0.2) is 8.42 Å². The molecule has 0 unspecified atom stereocenters. The van der Waals surface area contributed by atoms with E-state index in [1.807, 2.05) is 37.3 Å². The molecule has 0 bridgehead atoms. The lowest BCUT2D eigenvalue weighted by molar-refractivity contribution is -0.122. The van der Waals surface area contributed by atoms with Crippen molar-refractivity contribution in [1.82, 2.24) is 4.31 Å². The number of aryl methyl sites for hydroxylation is 1. The molecule has 1 aliphatic carbocycles. The number of rotatable bonds is 3. The lowest BCUT2D eigenvalue weighted by Gasteiger charge is -2.31. The number of sulfonamides is 1. The maximum absolute atomic E-state index is 13.0. The largest absolute Gasteiger partial charge is 0.298 e. The van der Waals surface area contributed by atoms with Gasteiger partial charge in [0, 0.05) is 17.9 Å². The third kappa shape index (κ3) is 2.31. The van der Waals surface area contributed by atoms with E-state index in [0.29, 0.717) is 6.54 Å². The van der Waals surface area contributed by atoms with Crippen molar-refractivity contribution in [1.29, 1.82) is 0 Å². The van der Waals surface area contributed by atoms with E-state index < -0.39 is 10.0 Å². The lowest BCUT2D eigenvalue weighted by atomic mass is 9.89. The second kappa shape index (κ2) is 5.26. The second-order valence-electron chi connectivity index (χ2n) is 6.83. The first-order valence-corrected chi connectivity index (χ1v) is 9.52. The molecular formula is C19H19NO3S. The molecule has 2 aliphatic rings. The summed E-state index contributed by atoms with van der Waals surface area (Å²) in [5, 5.41) is 0. The van der Waals surface area contributed by atoms with Gasteiger partial charge in [-0.15, -0.1) is 0 Å². The first-order chi connectivity index (χ1) is 11.4. The molecule has 124 valence electrons. The lowest BCUT2D eigenvalue weighted by Crippen LogP contribution is -2.46. The van der Waals surface area contributed by atoms with Gasteiger partial charge < -0.3 is 0 Å². The summed E-state index contributed by atoms with van der Waals surface area (Å²) in [6, 6.07) is 16.6. The molecule has 4 rings (SSSR count). The van der Waals surface area contributed by atoms with Crippen molar-refractivity contribution in [2.24, 2.45) is 5.92 Å². The Kier molecular flexibility index (Phi) is 3.41. The highest BCUT2D eigenvalue weighted by Gasteiger charge is 2.63. The van der Waals surface area contributed by atoms with Crippen molar-refractivity contribution in [3.05, 3.63) is 65.7 Å². The number of carbonyl (C=O) groups is 1. The highest BCUT2D eigenvalue weighted by Crippen LogP contribution is 2.57. The Labute approximate surface area is 142 Å². The summed E-state index contributed by atoms with van der Waals surface area (Å²) >= 11 is 0. The molecule has 1 saturated carbocycles. The third-order valence-corrected chi connectivity index (χ3v) is 7.07. The predicted molar refractivity (Wildman–Crippen MR) is 91.2 cm³/mol. The normalized spacial score (nSPS) is 26.9. The van der Waals surface area contributed by atoms with Gasteiger partial charge in [0.2, 0.25) is 10.0 Å². The molecule has 2 fully saturated rings. The molecule has 1 heterocycles. The van der Waals surface area contributed by atoms with Crippen LogP contribution < -0.4 is 0 Å². The van der Waals surface area contributed by atoms with Crippen LogP contribution in [-0.4, -0.2) is 31.6 Å². The summed E-state index contributed by atoms with van der Waals surface area (Å²) < 4.78 is 27.3. The number of hydrogen-bond donors (Lipinski definition) is 0. The number of nitrogens with zero attached hydrogens (tertiary/aromatic N) is 1. The van der Waals surface area contributed by atoms with Crippen molar-refractivity contribution < 1.29 is 13.2 Å². The quantitative estimate of drug-likeness (QED) is 0.862. The summed E-state index contributed by atoms with van der Waals surface area (Å²) in [7, 11) is -3.65. The summed E-state index contributed by atoms with van der Waals surface area (Å²) in [5.41, 5.74) is 1.73. The van der Waals surface area contributed by atoms with E-state index in [1.54, 1.807) is 24.3 Å². The summed E-state index contributed by atoms with van der Waals surface area (Å²) in [4.78, 5) is 12.7. The fraction of sp³-hybridized carbons (Fsp3) is 0.316. The molecule has 2 atom stereocenters. The number of ketones is 1. The summed E-state index contributed by atoms with van der Waals surface area (Å²) in [6.45, 7) is 2.28. The zero-order valence-electron chi connectivity index (χ0n) is 13.5. The minimum Gasteiger partial charge on any atom is -0.298 e. The van der Waals surface area contributed by atoms with Crippen LogP contribution in [-0.2, 0) is 20.2 Å². The van der Waals surface area contributed by atoms with Gasteiger partial charge in [-0.2, -0.15) is 4.31 Å². The van der Waals surface area contributed by atoms with Gasteiger partial charge in [0.1, 0.15) is 0 Å². The van der Waals surface area contributed by atoms with E-state index in [-0.39, 0.29) is 28.6 Å². The maximum atomic E-state index is 13.0. The molecule has 0 amide bonds. The zero-order valence-corrected chi connectivity index (χ0v) is 14.3. The van der Waals surface area contributed by atoms with Crippen LogP contribution in [0.15, 0.2) is 59.5 Å². The van der Waals surface area contributed by atoms with Gasteiger partial charge in [-0.1, -0.05) is 48.0 Å². The van der Waals surface area contributed by atoms with Crippen LogP contribution in [0.4, 0.5) is 0 Å². The molecule has 4 nitrogen and oxygen atoms in total. The third-order valence-electron chi connectivity index (χ3n) is 5.26. The summed E-state index contributed by atoms with van der Waals surface area (Å²) in [5.74, 6) is -0.00911. The Hall–Kier alpha value is -1.98. The molecule has 2 aromatic carbocycles. The van der Waals surface area contributed by atoms with Gasteiger partial charge in [-0.05, 0) is 31.0 Å².